The zero-order chi connectivity index (χ0) is 22.9. The largest absolute Gasteiger partial charge is 0.494 e. The van der Waals surface area contributed by atoms with Gasteiger partial charge < -0.3 is 9.64 Å². The number of benzene rings is 2. The predicted molar refractivity (Wildman–Crippen MR) is 124 cm³/mol. The first-order valence-electron chi connectivity index (χ1n) is 10.9. The van der Waals surface area contributed by atoms with Crippen LogP contribution in [0, 0.1) is 5.82 Å². The summed E-state index contributed by atoms with van der Waals surface area (Å²) in [5, 5.41) is 7.36. The number of H-pyrrole nitrogens is 1. The van der Waals surface area contributed by atoms with E-state index in [-0.39, 0.29) is 11.7 Å². The first kappa shape index (κ1) is 23.5. The third-order valence-corrected chi connectivity index (χ3v) is 5.24. The van der Waals surface area contributed by atoms with Gasteiger partial charge in [0.1, 0.15) is 11.6 Å². The van der Waals surface area contributed by atoms with Crippen molar-refractivity contribution in [3.05, 3.63) is 71.7 Å². The van der Waals surface area contributed by atoms with Gasteiger partial charge in [-0.25, -0.2) is 4.39 Å². The van der Waals surface area contributed by atoms with Crippen molar-refractivity contribution >= 4 is 5.91 Å². The van der Waals surface area contributed by atoms with Gasteiger partial charge in [-0.1, -0.05) is 12.1 Å². The third kappa shape index (κ3) is 6.92. The van der Waals surface area contributed by atoms with Crippen LogP contribution >= 0.6 is 0 Å². The van der Waals surface area contributed by atoms with Gasteiger partial charge in [-0.2, -0.15) is 5.10 Å². The van der Waals surface area contributed by atoms with Crippen molar-refractivity contribution in [2.24, 2.45) is 0 Å². The Morgan fingerprint density at radius 1 is 1.09 bits per heavy atom. The van der Waals surface area contributed by atoms with E-state index in [1.165, 1.54) is 12.1 Å². The van der Waals surface area contributed by atoms with Crippen LogP contribution in [0.2, 0.25) is 0 Å². The van der Waals surface area contributed by atoms with E-state index in [9.17, 15) is 9.18 Å². The van der Waals surface area contributed by atoms with Crippen molar-refractivity contribution in [3.63, 3.8) is 0 Å². The van der Waals surface area contributed by atoms with E-state index in [0.717, 1.165) is 47.7 Å². The second kappa shape index (κ2) is 11.4. The van der Waals surface area contributed by atoms with Crippen LogP contribution in [0.1, 0.15) is 24.6 Å². The molecular weight excluding hydrogens is 407 g/mol. The molecule has 0 radical (unpaired) electrons. The molecular formula is C25H31FN4O2. The first-order chi connectivity index (χ1) is 15.4. The summed E-state index contributed by atoms with van der Waals surface area (Å²) in [4.78, 5) is 16.3. The van der Waals surface area contributed by atoms with E-state index >= 15 is 0 Å². The summed E-state index contributed by atoms with van der Waals surface area (Å²) in [6, 6.07) is 16.1. The van der Waals surface area contributed by atoms with Gasteiger partial charge in [0, 0.05) is 24.8 Å². The van der Waals surface area contributed by atoms with Gasteiger partial charge in [0.15, 0.2) is 0 Å². The highest BCUT2D eigenvalue weighted by molar-refractivity contribution is 5.77. The number of hydrogen-bond acceptors (Lipinski definition) is 4. The SMILES string of the molecule is CCOc1ccc(CN(C)C(=O)CN(C)CCCc2cc(-c3ccc(F)cc3)n[nH]2)cc1. The molecule has 170 valence electrons. The normalized spacial score (nSPS) is 11.0. The summed E-state index contributed by atoms with van der Waals surface area (Å²) in [6.45, 7) is 4.33. The van der Waals surface area contributed by atoms with Crippen LogP contribution < -0.4 is 4.74 Å². The van der Waals surface area contributed by atoms with Crippen LogP contribution in [0.15, 0.2) is 54.6 Å². The molecule has 0 aliphatic rings. The number of nitrogens with zero attached hydrogens (tertiary/aromatic N) is 3. The maximum Gasteiger partial charge on any atom is 0.236 e. The Balaban J connectivity index is 1.40. The van der Waals surface area contributed by atoms with Crippen LogP contribution in [0.25, 0.3) is 11.3 Å². The Morgan fingerprint density at radius 2 is 1.81 bits per heavy atom. The molecule has 1 heterocycles. The molecule has 3 rings (SSSR count). The van der Waals surface area contributed by atoms with Crippen molar-refractivity contribution < 1.29 is 13.9 Å². The van der Waals surface area contributed by atoms with Crippen LogP contribution in [-0.2, 0) is 17.8 Å². The summed E-state index contributed by atoms with van der Waals surface area (Å²) in [7, 11) is 3.79. The lowest BCUT2D eigenvalue weighted by molar-refractivity contribution is -0.131. The van der Waals surface area contributed by atoms with Crippen molar-refractivity contribution in [2.45, 2.75) is 26.3 Å². The molecule has 0 aliphatic heterocycles. The maximum absolute atomic E-state index is 13.1. The topological polar surface area (TPSA) is 61.5 Å². The fourth-order valence-electron chi connectivity index (χ4n) is 3.45. The second-order valence-electron chi connectivity index (χ2n) is 7.95. The van der Waals surface area contributed by atoms with E-state index in [2.05, 4.69) is 10.2 Å². The lowest BCUT2D eigenvalue weighted by Crippen LogP contribution is -2.36. The number of ether oxygens (including phenoxy) is 1. The van der Waals surface area contributed by atoms with E-state index in [1.807, 2.05) is 56.3 Å². The van der Waals surface area contributed by atoms with Crippen molar-refractivity contribution in [2.75, 3.05) is 33.8 Å². The van der Waals surface area contributed by atoms with Crippen molar-refractivity contribution in [1.29, 1.82) is 0 Å². The molecule has 0 atom stereocenters. The number of likely N-dealkylation sites (N-methyl/N-ethyl adjacent to an activating group) is 2. The molecule has 1 aromatic heterocycles. The van der Waals surface area contributed by atoms with Gasteiger partial charge in [0.25, 0.3) is 0 Å². The maximum atomic E-state index is 13.1. The number of halogens is 1. The molecule has 1 N–H and O–H groups in total. The van der Waals surface area contributed by atoms with Gasteiger partial charge in [-0.05, 0) is 81.4 Å². The molecule has 6 nitrogen and oxygen atoms in total. The molecule has 0 unspecified atom stereocenters. The number of rotatable bonds is 11. The third-order valence-electron chi connectivity index (χ3n) is 5.24. The lowest BCUT2D eigenvalue weighted by Gasteiger charge is -2.22. The molecule has 0 fully saturated rings. The number of amides is 1. The summed E-state index contributed by atoms with van der Waals surface area (Å²) < 4.78 is 18.5. The molecule has 1 amide bonds. The van der Waals surface area contributed by atoms with Crippen molar-refractivity contribution in [3.8, 4) is 17.0 Å². The average Bonchev–Trinajstić information content (AvgIpc) is 3.24. The number of aromatic amines is 1. The van der Waals surface area contributed by atoms with Crippen LogP contribution in [0.5, 0.6) is 5.75 Å². The highest BCUT2D eigenvalue weighted by Crippen LogP contribution is 2.18. The summed E-state index contributed by atoms with van der Waals surface area (Å²) in [5.74, 6) is 0.667. The minimum Gasteiger partial charge on any atom is -0.494 e. The number of aryl methyl sites for hydroxylation is 1. The molecule has 0 spiro atoms. The monoisotopic (exact) mass is 438 g/mol. The molecule has 7 heteroatoms. The van der Waals surface area contributed by atoms with Gasteiger partial charge in [-0.15, -0.1) is 0 Å². The molecule has 0 aliphatic carbocycles. The molecule has 2 aromatic carbocycles. The zero-order valence-corrected chi connectivity index (χ0v) is 19.0. The minimum atomic E-state index is -0.257. The van der Waals surface area contributed by atoms with E-state index < -0.39 is 0 Å². The predicted octanol–water partition coefficient (Wildman–Crippen LogP) is 4.14. The molecule has 32 heavy (non-hydrogen) atoms. The quantitative estimate of drug-likeness (QED) is 0.489. The number of nitrogens with one attached hydrogen (secondary N) is 1. The Bertz CT molecular complexity index is 986. The summed E-state index contributed by atoms with van der Waals surface area (Å²) in [5.41, 5.74) is 3.78. The average molecular weight is 439 g/mol. The number of carbonyl (C=O) groups is 1. The highest BCUT2D eigenvalue weighted by atomic mass is 19.1. The van der Waals surface area contributed by atoms with Gasteiger partial charge in [0.05, 0.1) is 18.8 Å². The Hall–Kier alpha value is -3.19. The zero-order valence-electron chi connectivity index (χ0n) is 19.0. The van der Waals surface area contributed by atoms with Crippen LogP contribution in [0.3, 0.4) is 0 Å². The van der Waals surface area contributed by atoms with Gasteiger partial charge in [0.2, 0.25) is 5.91 Å². The Morgan fingerprint density at radius 3 is 2.50 bits per heavy atom. The fraction of sp³-hybridized carbons (Fsp3) is 0.360. The lowest BCUT2D eigenvalue weighted by atomic mass is 10.1. The van der Waals surface area contributed by atoms with Crippen LogP contribution in [-0.4, -0.2) is 59.7 Å². The van der Waals surface area contributed by atoms with E-state index in [1.54, 1.807) is 17.0 Å². The summed E-state index contributed by atoms with van der Waals surface area (Å²) in [6.07, 6.45) is 1.73. The fourth-order valence-corrected chi connectivity index (χ4v) is 3.45. The second-order valence-corrected chi connectivity index (χ2v) is 7.95. The molecule has 0 saturated carbocycles. The minimum absolute atomic E-state index is 0.0847. The van der Waals surface area contributed by atoms with Gasteiger partial charge in [-0.3, -0.25) is 14.8 Å². The Labute approximate surface area is 189 Å². The smallest absolute Gasteiger partial charge is 0.236 e. The van der Waals surface area contributed by atoms with Crippen molar-refractivity contribution in [1.82, 2.24) is 20.0 Å². The molecule has 0 saturated heterocycles. The molecule has 3 aromatic rings. The van der Waals surface area contributed by atoms with E-state index in [0.29, 0.717) is 19.7 Å². The number of aromatic nitrogens is 2. The summed E-state index contributed by atoms with van der Waals surface area (Å²) >= 11 is 0. The Kier molecular flexibility index (Phi) is 8.39. The highest BCUT2D eigenvalue weighted by Gasteiger charge is 2.13. The van der Waals surface area contributed by atoms with E-state index in [4.69, 9.17) is 4.74 Å². The van der Waals surface area contributed by atoms with Gasteiger partial charge >= 0.3 is 0 Å². The first-order valence-corrected chi connectivity index (χ1v) is 10.9. The number of hydrogen-bond donors (Lipinski definition) is 1. The molecule has 0 bridgehead atoms. The standard InChI is InChI=1S/C25H31FN4O2/c1-4-32-23-13-7-19(8-14-23)17-30(3)25(31)18-29(2)15-5-6-22-16-24(28-27-22)20-9-11-21(26)12-10-20/h7-14,16H,4-6,15,17-18H2,1-3H3,(H,27,28). The number of carbonyl (C=O) groups excluding carboxylic acids is 1. The van der Waals surface area contributed by atoms with Crippen LogP contribution in [0.4, 0.5) is 4.39 Å².